The molecule has 1 aromatic rings. The van der Waals surface area contributed by atoms with Gasteiger partial charge in [-0.05, 0) is 31.0 Å². The maximum atomic E-state index is 12.4. The highest BCUT2D eigenvalue weighted by molar-refractivity contribution is 7.80. The van der Waals surface area contributed by atoms with Gasteiger partial charge in [-0.2, -0.15) is 0 Å². The van der Waals surface area contributed by atoms with Crippen LogP contribution in [0.4, 0.5) is 5.69 Å². The highest BCUT2D eigenvalue weighted by Crippen LogP contribution is 2.30. The minimum Gasteiger partial charge on any atom is -0.392 e. The van der Waals surface area contributed by atoms with Gasteiger partial charge in [0.15, 0.2) is 0 Å². The van der Waals surface area contributed by atoms with E-state index in [1.807, 2.05) is 13.8 Å². The van der Waals surface area contributed by atoms with Crippen LogP contribution in [-0.4, -0.2) is 10.9 Å². The van der Waals surface area contributed by atoms with Crippen molar-refractivity contribution in [2.75, 3.05) is 5.32 Å². The molecule has 19 heavy (non-hydrogen) atoms. The summed E-state index contributed by atoms with van der Waals surface area (Å²) >= 11 is 16.8. The lowest BCUT2D eigenvalue weighted by molar-refractivity contribution is -0.122. The smallest absolute Gasteiger partial charge is 0.237 e. The van der Waals surface area contributed by atoms with E-state index in [9.17, 15) is 4.79 Å². The fourth-order valence-corrected chi connectivity index (χ4v) is 2.82. The average Bonchev–Trinajstić information content (AvgIpc) is 2.29. The molecule has 0 radical (unpaired) electrons. The van der Waals surface area contributed by atoms with E-state index in [1.165, 1.54) is 0 Å². The van der Waals surface area contributed by atoms with E-state index < -0.39 is 5.41 Å². The Labute approximate surface area is 128 Å². The van der Waals surface area contributed by atoms with Crippen LogP contribution in [0.25, 0.3) is 0 Å². The van der Waals surface area contributed by atoms with Gasteiger partial charge in [0.25, 0.3) is 0 Å². The number of carbonyl (C=O) groups is 1. The molecule has 0 aromatic heterocycles. The van der Waals surface area contributed by atoms with Crippen molar-refractivity contribution in [3.05, 3.63) is 28.2 Å². The number of halogens is 2. The number of carbonyl (C=O) groups excluding carboxylic acids is 1. The Morgan fingerprint density at radius 3 is 2.11 bits per heavy atom. The van der Waals surface area contributed by atoms with Gasteiger partial charge in [0.05, 0.1) is 10.4 Å². The summed E-state index contributed by atoms with van der Waals surface area (Å²) in [7, 11) is 0. The van der Waals surface area contributed by atoms with Crippen molar-refractivity contribution >= 4 is 52.0 Å². The second kappa shape index (κ2) is 6.55. The van der Waals surface area contributed by atoms with E-state index in [4.69, 9.17) is 41.2 Å². The number of hydrogen-bond donors (Lipinski definition) is 2. The Hall–Kier alpha value is -0.840. The maximum absolute atomic E-state index is 12.4. The lowest BCUT2D eigenvalue weighted by atomic mass is 9.81. The van der Waals surface area contributed by atoms with E-state index in [1.54, 1.807) is 18.2 Å². The second-order valence-corrected chi connectivity index (χ2v) is 5.58. The van der Waals surface area contributed by atoms with E-state index in [-0.39, 0.29) is 10.9 Å². The largest absolute Gasteiger partial charge is 0.392 e. The molecule has 0 fully saturated rings. The molecule has 6 heteroatoms. The molecular weight excluding hydrogens is 303 g/mol. The maximum Gasteiger partial charge on any atom is 0.237 e. The van der Waals surface area contributed by atoms with Crippen LogP contribution in [0.5, 0.6) is 0 Å². The third-order valence-electron chi connectivity index (χ3n) is 3.23. The Morgan fingerprint density at radius 2 is 1.74 bits per heavy atom. The molecule has 104 valence electrons. The Kier molecular flexibility index (Phi) is 5.59. The predicted molar refractivity (Wildman–Crippen MR) is 84.9 cm³/mol. The fourth-order valence-electron chi connectivity index (χ4n) is 1.91. The first kappa shape index (κ1) is 16.2. The monoisotopic (exact) mass is 318 g/mol. The van der Waals surface area contributed by atoms with Crippen molar-refractivity contribution in [1.29, 1.82) is 0 Å². The minimum absolute atomic E-state index is 0.197. The molecule has 0 aliphatic carbocycles. The molecule has 1 rings (SSSR count). The third kappa shape index (κ3) is 3.59. The molecule has 1 amide bonds. The molecule has 0 aliphatic rings. The van der Waals surface area contributed by atoms with Gasteiger partial charge < -0.3 is 11.1 Å². The molecule has 0 spiro atoms. The quantitative estimate of drug-likeness (QED) is 0.806. The molecule has 0 heterocycles. The molecule has 0 bridgehead atoms. The highest BCUT2D eigenvalue weighted by Gasteiger charge is 2.38. The second-order valence-electron chi connectivity index (χ2n) is 4.27. The number of benzene rings is 1. The van der Waals surface area contributed by atoms with E-state index in [0.717, 1.165) is 0 Å². The van der Waals surface area contributed by atoms with Gasteiger partial charge in [-0.15, -0.1) is 0 Å². The molecule has 0 saturated carbocycles. The van der Waals surface area contributed by atoms with Gasteiger partial charge in [0, 0.05) is 15.7 Å². The molecule has 0 atom stereocenters. The predicted octanol–water partition coefficient (Wildman–Crippen LogP) is 4.02. The van der Waals surface area contributed by atoms with Crippen LogP contribution >= 0.6 is 35.4 Å². The molecule has 0 aliphatic heterocycles. The van der Waals surface area contributed by atoms with Crippen LogP contribution in [0.15, 0.2) is 18.2 Å². The number of anilines is 1. The van der Waals surface area contributed by atoms with Crippen LogP contribution < -0.4 is 11.1 Å². The van der Waals surface area contributed by atoms with Crippen molar-refractivity contribution in [3.63, 3.8) is 0 Å². The van der Waals surface area contributed by atoms with E-state index >= 15 is 0 Å². The highest BCUT2D eigenvalue weighted by atomic mass is 35.5. The van der Waals surface area contributed by atoms with Gasteiger partial charge in [-0.3, -0.25) is 4.79 Å². The van der Waals surface area contributed by atoms with Gasteiger partial charge in [-0.25, -0.2) is 0 Å². The van der Waals surface area contributed by atoms with Gasteiger partial charge in [0.1, 0.15) is 0 Å². The number of amides is 1. The van der Waals surface area contributed by atoms with Crippen molar-refractivity contribution in [2.45, 2.75) is 26.7 Å². The third-order valence-corrected chi connectivity index (χ3v) is 4.06. The topological polar surface area (TPSA) is 55.1 Å². The summed E-state index contributed by atoms with van der Waals surface area (Å²) in [5.41, 5.74) is 5.41. The normalized spacial score (nSPS) is 11.2. The Balaban J connectivity index is 3.03. The van der Waals surface area contributed by atoms with Crippen molar-refractivity contribution in [1.82, 2.24) is 0 Å². The van der Waals surface area contributed by atoms with Gasteiger partial charge in [0.2, 0.25) is 5.91 Å². The van der Waals surface area contributed by atoms with Crippen molar-refractivity contribution in [3.8, 4) is 0 Å². The van der Waals surface area contributed by atoms with E-state index in [0.29, 0.717) is 28.6 Å². The summed E-state index contributed by atoms with van der Waals surface area (Å²) < 4.78 is 0. The first-order valence-corrected chi connectivity index (χ1v) is 7.09. The van der Waals surface area contributed by atoms with Crippen molar-refractivity contribution in [2.24, 2.45) is 11.1 Å². The van der Waals surface area contributed by atoms with Crippen molar-refractivity contribution < 1.29 is 4.79 Å². The number of nitrogens with two attached hydrogens (primary N) is 1. The Morgan fingerprint density at radius 1 is 1.26 bits per heavy atom. The first-order chi connectivity index (χ1) is 8.85. The first-order valence-electron chi connectivity index (χ1n) is 5.93. The molecule has 0 saturated heterocycles. The zero-order valence-electron chi connectivity index (χ0n) is 10.8. The SMILES string of the molecule is CCC(CC)(C(=O)Nc1cc(Cl)cc(Cl)c1)C(N)=S. The summed E-state index contributed by atoms with van der Waals surface area (Å²) in [5.74, 6) is -0.233. The summed E-state index contributed by atoms with van der Waals surface area (Å²) in [5, 5.41) is 3.68. The molecular formula is C13H16Cl2N2OS. The zero-order chi connectivity index (χ0) is 14.6. The average molecular weight is 319 g/mol. The number of thiocarbonyl (C=S) groups is 1. The number of hydrogen-bond acceptors (Lipinski definition) is 2. The number of nitrogens with one attached hydrogen (secondary N) is 1. The van der Waals surface area contributed by atoms with Gasteiger partial charge >= 0.3 is 0 Å². The Bertz CT molecular complexity index is 481. The molecule has 0 unspecified atom stereocenters. The van der Waals surface area contributed by atoms with Crippen LogP contribution in [0.1, 0.15) is 26.7 Å². The summed E-state index contributed by atoms with van der Waals surface area (Å²) in [6.45, 7) is 3.76. The summed E-state index contributed by atoms with van der Waals surface area (Å²) in [6.07, 6.45) is 1.08. The lowest BCUT2D eigenvalue weighted by Gasteiger charge is -2.28. The molecule has 3 N–H and O–H groups in total. The van der Waals surface area contributed by atoms with Crippen LogP contribution in [0.3, 0.4) is 0 Å². The molecule has 3 nitrogen and oxygen atoms in total. The van der Waals surface area contributed by atoms with Crippen LogP contribution in [-0.2, 0) is 4.79 Å². The van der Waals surface area contributed by atoms with E-state index in [2.05, 4.69) is 5.32 Å². The summed E-state index contributed by atoms with van der Waals surface area (Å²) in [6, 6.07) is 4.85. The fraction of sp³-hybridized carbons (Fsp3) is 0.385. The van der Waals surface area contributed by atoms with Crippen LogP contribution in [0.2, 0.25) is 10.0 Å². The standard InChI is InChI=1S/C13H16Cl2N2OS/c1-3-13(4-2,11(16)19)12(18)17-10-6-8(14)5-9(15)7-10/h5-7H,3-4H2,1-2H3,(H2,16,19)(H,17,18). The van der Waals surface area contributed by atoms with Gasteiger partial charge in [-0.1, -0.05) is 49.3 Å². The molecule has 1 aromatic carbocycles. The number of rotatable bonds is 5. The zero-order valence-corrected chi connectivity index (χ0v) is 13.1. The lowest BCUT2D eigenvalue weighted by Crippen LogP contribution is -2.45. The van der Waals surface area contributed by atoms with Crippen LogP contribution in [0, 0.1) is 5.41 Å². The summed E-state index contributed by atoms with van der Waals surface area (Å²) in [4.78, 5) is 12.6. The minimum atomic E-state index is -0.843.